The minimum Gasteiger partial charge on any atom is -0.747 e. The van der Waals surface area contributed by atoms with E-state index in [-0.39, 0.29) is 71.9 Å². The Kier molecular flexibility index (Phi) is 62.4. The molecule has 0 saturated carbocycles. The average Bonchev–Trinajstić information content (AvgIpc) is 3.37. The van der Waals surface area contributed by atoms with Gasteiger partial charge in [0, 0.05) is 0 Å². The summed E-state index contributed by atoms with van der Waals surface area (Å²) in [5, 5.41) is -4.08. The molecule has 0 aliphatic rings. The van der Waals surface area contributed by atoms with Crippen LogP contribution < -0.4 is 0 Å². The summed E-state index contributed by atoms with van der Waals surface area (Å²) in [6.45, 7) is 9.29. The summed E-state index contributed by atoms with van der Waals surface area (Å²) in [6, 6.07) is 0. The van der Waals surface area contributed by atoms with Crippen LogP contribution in [0.15, 0.2) is 0 Å². The standard InChI is InChI=1S/2C30H58O7S.Sr/c2*1-3-5-7-9-11-13-15-17-19-21-23-25-36-29(31)27-28(38(33,34)35)30(32)37-26-24-22-20-18-16-14-12-10-8-6-4-2;/h2*28H,3-27H2,1-2H3,(H,33,34,35);/q;;+2/p-2. The minimum absolute atomic E-state index is 0. The summed E-state index contributed by atoms with van der Waals surface area (Å²) in [5.41, 5.74) is 0. The maximum absolute atomic E-state index is 12.2. The van der Waals surface area contributed by atoms with E-state index in [0.717, 1.165) is 77.0 Å². The predicted octanol–water partition coefficient (Wildman–Crippen LogP) is 15.6. The van der Waals surface area contributed by atoms with Gasteiger partial charge in [0.05, 0.1) is 39.3 Å². The SMILES string of the molecule is CCCCCCCCCCCCCOC(=O)CC(C(=O)OCCCCCCCCCCCCC)S(=O)(=O)[O-].CCCCCCCCCCCCCOC(=O)CC(C(=O)OCCCCCCCCCCCCC)S(=O)(=O)[O-].[Sr+2]. The molecule has 0 rings (SSSR count). The first-order valence-corrected chi connectivity index (χ1v) is 34.1. The van der Waals surface area contributed by atoms with Crippen LogP contribution in [0.4, 0.5) is 0 Å². The number of ether oxygens (including phenoxy) is 4. The van der Waals surface area contributed by atoms with E-state index in [2.05, 4.69) is 27.7 Å². The molecule has 0 heterocycles. The second kappa shape index (κ2) is 59.8. The van der Waals surface area contributed by atoms with Gasteiger partial charge >= 0.3 is 69.4 Å². The summed E-state index contributed by atoms with van der Waals surface area (Å²) >= 11 is 0. The third-order valence-electron chi connectivity index (χ3n) is 13.9. The van der Waals surface area contributed by atoms with Crippen molar-refractivity contribution in [1.29, 1.82) is 0 Å². The van der Waals surface area contributed by atoms with E-state index in [1.54, 1.807) is 0 Å². The van der Waals surface area contributed by atoms with Crippen LogP contribution in [0, 0.1) is 0 Å². The summed E-state index contributed by atoms with van der Waals surface area (Å²) in [5.74, 6) is -4.02. The van der Waals surface area contributed by atoms with Crippen molar-refractivity contribution in [3.63, 3.8) is 0 Å². The Morgan fingerprint density at radius 1 is 0.286 bits per heavy atom. The number of rotatable bonds is 56. The molecule has 14 nitrogen and oxygen atoms in total. The van der Waals surface area contributed by atoms with Crippen molar-refractivity contribution >= 4 is 89.6 Å². The van der Waals surface area contributed by atoms with Gasteiger partial charge in [0.2, 0.25) is 0 Å². The van der Waals surface area contributed by atoms with Gasteiger partial charge in [-0.05, 0) is 25.7 Å². The van der Waals surface area contributed by atoms with E-state index >= 15 is 0 Å². The Labute approximate surface area is 509 Å². The van der Waals surface area contributed by atoms with E-state index in [9.17, 15) is 45.1 Å². The molecule has 0 aliphatic carbocycles. The molecular formula is C60H114O14S2Sr. The number of unbranched alkanes of at least 4 members (excludes halogenated alkanes) is 40. The number of carbonyl (C=O) groups is 4. The minimum atomic E-state index is -5.01. The van der Waals surface area contributed by atoms with Crippen molar-refractivity contribution in [2.75, 3.05) is 26.4 Å². The quantitative estimate of drug-likeness (QED) is 0.0182. The number of hydrogen-bond acceptors (Lipinski definition) is 14. The van der Waals surface area contributed by atoms with Crippen LogP contribution in [0.2, 0.25) is 0 Å². The van der Waals surface area contributed by atoms with Gasteiger partial charge in [0.25, 0.3) is 0 Å². The van der Waals surface area contributed by atoms with Crippen LogP contribution in [-0.2, 0) is 58.4 Å². The van der Waals surface area contributed by atoms with Gasteiger partial charge in [-0.15, -0.1) is 0 Å². The molecule has 0 aromatic heterocycles. The molecule has 2 unspecified atom stereocenters. The van der Waals surface area contributed by atoms with Gasteiger partial charge < -0.3 is 28.1 Å². The normalized spacial score (nSPS) is 12.2. The van der Waals surface area contributed by atoms with Gasteiger partial charge in [-0.25, -0.2) is 16.8 Å². The number of hydrogen-bond donors (Lipinski definition) is 0. The Hall–Kier alpha value is -0.819. The van der Waals surface area contributed by atoms with E-state index in [1.165, 1.54) is 180 Å². The van der Waals surface area contributed by atoms with E-state index in [4.69, 9.17) is 18.9 Å². The molecule has 0 amide bonds. The summed E-state index contributed by atoms with van der Waals surface area (Å²) in [7, 11) is -10.0. The first kappa shape index (κ1) is 80.4. The van der Waals surface area contributed by atoms with E-state index in [1.807, 2.05) is 0 Å². The van der Waals surface area contributed by atoms with Gasteiger partial charge in [-0.2, -0.15) is 0 Å². The van der Waals surface area contributed by atoms with Crippen LogP contribution in [0.3, 0.4) is 0 Å². The zero-order valence-electron chi connectivity index (χ0n) is 49.7. The van der Waals surface area contributed by atoms with Gasteiger partial charge in [0.1, 0.15) is 20.2 Å². The second-order valence-electron chi connectivity index (χ2n) is 21.3. The van der Waals surface area contributed by atoms with Crippen LogP contribution in [0.5, 0.6) is 0 Å². The molecule has 452 valence electrons. The maximum Gasteiger partial charge on any atom is 2.00 e. The molecule has 0 N–H and O–H groups in total. The molecule has 0 bridgehead atoms. The molecule has 0 aliphatic heterocycles. The molecule has 0 radical (unpaired) electrons. The monoisotopic (exact) mass is 1210 g/mol. The number of carbonyl (C=O) groups excluding carboxylic acids is 4. The van der Waals surface area contributed by atoms with E-state index < -0.39 is 67.5 Å². The van der Waals surface area contributed by atoms with Gasteiger partial charge in [0.15, 0.2) is 10.5 Å². The molecule has 77 heavy (non-hydrogen) atoms. The van der Waals surface area contributed by atoms with Gasteiger partial charge in [-0.1, -0.05) is 285 Å². The largest absolute Gasteiger partial charge is 2.00 e. The van der Waals surface area contributed by atoms with E-state index in [0.29, 0.717) is 25.7 Å². The molecule has 0 aromatic carbocycles. The Bertz CT molecular complexity index is 1450. The van der Waals surface area contributed by atoms with Crippen LogP contribution in [0.1, 0.15) is 323 Å². The third-order valence-corrected chi connectivity index (χ3v) is 16.0. The Balaban J connectivity index is -0.00000140. The summed E-state index contributed by atoms with van der Waals surface area (Å²) in [4.78, 5) is 48.4. The fraction of sp³-hybridized carbons (Fsp3) is 0.933. The fourth-order valence-electron chi connectivity index (χ4n) is 9.00. The molecule has 0 saturated heterocycles. The Morgan fingerprint density at radius 3 is 0.610 bits per heavy atom. The van der Waals surface area contributed by atoms with Crippen LogP contribution in [-0.4, -0.2) is 132 Å². The van der Waals surface area contributed by atoms with Crippen LogP contribution >= 0.6 is 0 Å². The average molecular weight is 1210 g/mol. The fourth-order valence-corrected chi connectivity index (χ4v) is 10.3. The molecule has 0 spiro atoms. The maximum atomic E-state index is 12.2. The van der Waals surface area contributed by atoms with Crippen molar-refractivity contribution in [2.45, 2.75) is 334 Å². The third kappa shape index (κ3) is 58.2. The second-order valence-corrected chi connectivity index (χ2v) is 24.4. The summed E-state index contributed by atoms with van der Waals surface area (Å²) in [6.07, 6.45) is 49.2. The number of esters is 4. The molecule has 0 fully saturated rings. The summed E-state index contributed by atoms with van der Waals surface area (Å²) < 4.78 is 89.4. The zero-order valence-corrected chi connectivity index (χ0v) is 54.9. The smallest absolute Gasteiger partial charge is 0.747 e. The van der Waals surface area contributed by atoms with Crippen LogP contribution in [0.25, 0.3) is 0 Å². The first-order chi connectivity index (χ1) is 36.6. The zero-order chi connectivity index (χ0) is 56.6. The first-order valence-electron chi connectivity index (χ1n) is 31.2. The van der Waals surface area contributed by atoms with Crippen molar-refractivity contribution in [1.82, 2.24) is 0 Å². The van der Waals surface area contributed by atoms with Crippen molar-refractivity contribution in [2.24, 2.45) is 0 Å². The van der Waals surface area contributed by atoms with Crippen molar-refractivity contribution < 1.29 is 64.1 Å². The van der Waals surface area contributed by atoms with Crippen molar-refractivity contribution in [3.05, 3.63) is 0 Å². The molecule has 2 atom stereocenters. The van der Waals surface area contributed by atoms with Gasteiger partial charge in [-0.3, -0.25) is 19.2 Å². The molecule has 17 heteroatoms. The Morgan fingerprint density at radius 2 is 0.442 bits per heavy atom. The van der Waals surface area contributed by atoms with Crippen molar-refractivity contribution in [3.8, 4) is 0 Å². The molecule has 0 aromatic rings. The topological polar surface area (TPSA) is 220 Å². The molecular weight excluding hydrogens is 1100 g/mol. The predicted molar refractivity (Wildman–Crippen MR) is 312 cm³/mol.